The maximum atomic E-state index is 12.6. The summed E-state index contributed by atoms with van der Waals surface area (Å²) >= 11 is 0. The lowest BCUT2D eigenvalue weighted by Gasteiger charge is -2.31. The molecule has 2 aromatic heterocycles. The number of nitrogens with one attached hydrogen (secondary N) is 1. The normalized spacial score (nSPS) is 17.7. The van der Waals surface area contributed by atoms with Crippen LogP contribution in [-0.4, -0.2) is 51.2 Å². The maximum Gasteiger partial charge on any atom is 0.311 e. The number of aromatic nitrogens is 4. The first-order valence-corrected chi connectivity index (χ1v) is 8.77. The number of amides is 1. The number of hydrogen-bond donors (Lipinski definition) is 1. The molecule has 3 heterocycles. The van der Waals surface area contributed by atoms with Gasteiger partial charge >= 0.3 is 11.8 Å². The Morgan fingerprint density at radius 3 is 3.12 bits per heavy atom. The number of carbonyl (C=O) groups is 1. The van der Waals surface area contributed by atoms with Crippen LogP contribution in [0.3, 0.4) is 0 Å². The summed E-state index contributed by atoms with van der Waals surface area (Å²) in [4.78, 5) is 22.4. The lowest BCUT2D eigenvalue weighted by molar-refractivity contribution is 0.0625. The zero-order valence-corrected chi connectivity index (χ0v) is 14.6. The summed E-state index contributed by atoms with van der Waals surface area (Å²) < 4.78 is 10.3. The molecule has 1 aliphatic heterocycles. The number of nitrogens with zero attached hydrogens (tertiary/aromatic N) is 4. The topological polar surface area (TPSA) is 97.1 Å². The van der Waals surface area contributed by atoms with Crippen LogP contribution in [0.4, 0.5) is 0 Å². The van der Waals surface area contributed by atoms with Crippen molar-refractivity contribution in [3.05, 3.63) is 41.9 Å². The van der Waals surface area contributed by atoms with Gasteiger partial charge in [-0.2, -0.15) is 0 Å². The minimum atomic E-state index is -0.214. The highest BCUT2D eigenvalue weighted by molar-refractivity contribution is 5.89. The van der Waals surface area contributed by atoms with Gasteiger partial charge in [0.15, 0.2) is 0 Å². The Hall–Kier alpha value is -2.74. The Labute approximate surface area is 150 Å². The van der Waals surface area contributed by atoms with E-state index in [1.165, 1.54) is 0 Å². The highest BCUT2D eigenvalue weighted by Crippen LogP contribution is 2.22. The number of aromatic amines is 1. The fourth-order valence-electron chi connectivity index (χ4n) is 3.45. The second kappa shape index (κ2) is 7.25. The van der Waals surface area contributed by atoms with Crippen LogP contribution in [0.2, 0.25) is 0 Å². The van der Waals surface area contributed by atoms with Gasteiger partial charge in [0, 0.05) is 26.6 Å². The van der Waals surface area contributed by atoms with Gasteiger partial charge in [-0.1, -0.05) is 12.1 Å². The van der Waals surface area contributed by atoms with Crippen LogP contribution in [0.5, 0.6) is 0 Å². The lowest BCUT2D eigenvalue weighted by atomic mass is 9.94. The van der Waals surface area contributed by atoms with E-state index >= 15 is 0 Å². The molecule has 3 aromatic rings. The number of rotatable bonds is 5. The van der Waals surface area contributed by atoms with Gasteiger partial charge in [0.25, 0.3) is 0 Å². The zero-order valence-electron chi connectivity index (χ0n) is 14.6. The number of ether oxygens (including phenoxy) is 1. The highest BCUT2D eigenvalue weighted by atomic mass is 16.5. The summed E-state index contributed by atoms with van der Waals surface area (Å²) in [6.45, 7) is 1.57. The summed E-state index contributed by atoms with van der Waals surface area (Å²) in [6, 6.07) is 8.00. The average molecular weight is 355 g/mol. The second-order valence-electron chi connectivity index (χ2n) is 6.60. The number of piperidine rings is 1. The molecule has 0 aliphatic carbocycles. The molecule has 0 bridgehead atoms. The van der Waals surface area contributed by atoms with E-state index in [0.29, 0.717) is 24.9 Å². The Kier molecular flexibility index (Phi) is 4.66. The van der Waals surface area contributed by atoms with Crippen molar-refractivity contribution in [3.63, 3.8) is 0 Å². The Bertz CT molecular complexity index is 870. The Morgan fingerprint density at radius 2 is 2.27 bits per heavy atom. The number of H-pyrrole nitrogens is 1. The van der Waals surface area contributed by atoms with E-state index in [1.807, 2.05) is 24.3 Å². The van der Waals surface area contributed by atoms with Gasteiger partial charge in [0.05, 0.1) is 11.0 Å². The molecule has 136 valence electrons. The summed E-state index contributed by atoms with van der Waals surface area (Å²) in [5.41, 5.74) is 2.02. The standard InChI is InChI=1S/C18H21N5O3/c1-25-11-16-21-22-17(26-16)18(24)23-8-4-5-12(10-23)9-15-19-13-6-2-3-7-14(13)20-15/h2-3,6-7,12H,4-5,8-11H2,1H3,(H,19,20)/t12-/m1/s1. The highest BCUT2D eigenvalue weighted by Gasteiger charge is 2.28. The molecule has 1 aliphatic rings. The van der Waals surface area contributed by atoms with Crippen LogP contribution in [0, 0.1) is 5.92 Å². The predicted octanol–water partition coefficient (Wildman–Crippen LogP) is 2.19. The minimum Gasteiger partial charge on any atom is -0.414 e. The van der Waals surface area contributed by atoms with E-state index in [1.54, 1.807) is 12.0 Å². The van der Waals surface area contributed by atoms with E-state index in [0.717, 1.165) is 36.1 Å². The van der Waals surface area contributed by atoms with Crippen molar-refractivity contribution in [3.8, 4) is 0 Å². The first-order valence-electron chi connectivity index (χ1n) is 8.77. The number of likely N-dealkylation sites (tertiary alicyclic amines) is 1. The smallest absolute Gasteiger partial charge is 0.311 e. The third-order valence-electron chi connectivity index (χ3n) is 4.64. The van der Waals surface area contributed by atoms with Gasteiger partial charge in [-0.15, -0.1) is 10.2 Å². The third kappa shape index (κ3) is 3.45. The molecule has 1 saturated heterocycles. The molecule has 4 rings (SSSR count). The first kappa shape index (κ1) is 16.7. The van der Waals surface area contributed by atoms with E-state index in [9.17, 15) is 4.79 Å². The van der Waals surface area contributed by atoms with Gasteiger partial charge in [-0.25, -0.2) is 4.98 Å². The second-order valence-corrected chi connectivity index (χ2v) is 6.60. The quantitative estimate of drug-likeness (QED) is 0.753. The molecule has 0 saturated carbocycles. The molecule has 1 amide bonds. The maximum absolute atomic E-state index is 12.6. The molecule has 1 N–H and O–H groups in total. The first-order chi connectivity index (χ1) is 12.7. The minimum absolute atomic E-state index is 0.0291. The van der Waals surface area contributed by atoms with Gasteiger partial charge in [0.2, 0.25) is 5.89 Å². The third-order valence-corrected chi connectivity index (χ3v) is 4.64. The van der Waals surface area contributed by atoms with E-state index < -0.39 is 0 Å². The predicted molar refractivity (Wildman–Crippen MR) is 93.4 cm³/mol. The van der Waals surface area contributed by atoms with Crippen LogP contribution in [0.25, 0.3) is 11.0 Å². The largest absolute Gasteiger partial charge is 0.414 e. The van der Waals surface area contributed by atoms with E-state index in [2.05, 4.69) is 20.2 Å². The molecule has 0 radical (unpaired) electrons. The van der Waals surface area contributed by atoms with Crippen molar-refractivity contribution in [2.24, 2.45) is 5.92 Å². The SMILES string of the molecule is COCc1nnc(C(=O)N2CCC[C@H](Cc3nc4ccccc4[nH]3)C2)o1. The van der Waals surface area contributed by atoms with E-state index in [4.69, 9.17) is 9.15 Å². The van der Waals surface area contributed by atoms with Crippen LogP contribution < -0.4 is 0 Å². The number of para-hydroxylation sites is 2. The molecule has 0 unspecified atom stereocenters. The van der Waals surface area contributed by atoms with Crippen molar-refractivity contribution in [2.45, 2.75) is 25.9 Å². The summed E-state index contributed by atoms with van der Waals surface area (Å²) in [7, 11) is 1.54. The molecule has 8 nitrogen and oxygen atoms in total. The zero-order chi connectivity index (χ0) is 17.9. The van der Waals surface area contributed by atoms with Crippen molar-refractivity contribution >= 4 is 16.9 Å². The van der Waals surface area contributed by atoms with Crippen molar-refractivity contribution in [2.75, 3.05) is 20.2 Å². The number of benzene rings is 1. The Morgan fingerprint density at radius 1 is 1.38 bits per heavy atom. The fourth-order valence-corrected chi connectivity index (χ4v) is 3.45. The monoisotopic (exact) mass is 355 g/mol. The molecule has 0 spiro atoms. The number of fused-ring (bicyclic) bond motifs is 1. The van der Waals surface area contributed by atoms with Crippen LogP contribution in [-0.2, 0) is 17.8 Å². The molecule has 26 heavy (non-hydrogen) atoms. The van der Waals surface area contributed by atoms with Crippen LogP contribution in [0.1, 0.15) is 35.2 Å². The van der Waals surface area contributed by atoms with Crippen LogP contribution >= 0.6 is 0 Å². The lowest BCUT2D eigenvalue weighted by Crippen LogP contribution is -2.40. The van der Waals surface area contributed by atoms with Gasteiger partial charge in [-0.3, -0.25) is 4.79 Å². The van der Waals surface area contributed by atoms with E-state index in [-0.39, 0.29) is 18.4 Å². The van der Waals surface area contributed by atoms with Crippen LogP contribution in [0.15, 0.2) is 28.7 Å². The van der Waals surface area contributed by atoms with Crippen molar-refractivity contribution in [1.82, 2.24) is 25.1 Å². The van der Waals surface area contributed by atoms with Gasteiger partial charge in [0.1, 0.15) is 12.4 Å². The van der Waals surface area contributed by atoms with Crippen molar-refractivity contribution < 1.29 is 13.9 Å². The van der Waals surface area contributed by atoms with Gasteiger partial charge in [-0.05, 0) is 30.9 Å². The molecular weight excluding hydrogens is 334 g/mol. The number of imidazole rings is 1. The number of carbonyl (C=O) groups excluding carboxylic acids is 1. The summed E-state index contributed by atoms with van der Waals surface area (Å²) in [6.07, 6.45) is 2.84. The number of methoxy groups -OCH3 is 1. The molecule has 1 atom stereocenters. The average Bonchev–Trinajstić information content (AvgIpc) is 3.28. The van der Waals surface area contributed by atoms with Crippen molar-refractivity contribution in [1.29, 1.82) is 0 Å². The summed E-state index contributed by atoms with van der Waals surface area (Å²) in [5, 5.41) is 7.67. The fraction of sp³-hybridized carbons (Fsp3) is 0.444. The molecule has 1 aromatic carbocycles. The Balaban J connectivity index is 1.42. The molecule has 8 heteroatoms. The number of hydrogen-bond acceptors (Lipinski definition) is 6. The molecular formula is C18H21N5O3. The van der Waals surface area contributed by atoms with Gasteiger partial charge < -0.3 is 19.0 Å². The molecule has 1 fully saturated rings. The summed E-state index contributed by atoms with van der Waals surface area (Å²) in [5.74, 6) is 1.45.